The highest BCUT2D eigenvalue weighted by Gasteiger charge is 2.26. The number of methoxy groups -OCH3 is 2. The number of nitro benzene ring substituents is 1. The molecule has 0 bridgehead atoms. The highest BCUT2D eigenvalue weighted by molar-refractivity contribution is 7.07. The average molecular weight is 394 g/mol. The first-order valence-corrected chi connectivity index (χ1v) is 8.64. The van der Waals surface area contributed by atoms with Crippen molar-refractivity contribution in [2.75, 3.05) is 27.9 Å². The first-order valence-electron chi connectivity index (χ1n) is 7.70. The summed E-state index contributed by atoms with van der Waals surface area (Å²) < 4.78 is 15.0. The van der Waals surface area contributed by atoms with Crippen molar-refractivity contribution in [2.45, 2.75) is 6.54 Å². The molecule has 0 atom stereocenters. The molecule has 0 fully saturated rings. The summed E-state index contributed by atoms with van der Waals surface area (Å²) in [6, 6.07) is 4.10. The third-order valence-electron chi connectivity index (χ3n) is 3.67. The third-order valence-corrected chi connectivity index (χ3v) is 4.40. The van der Waals surface area contributed by atoms with Crippen LogP contribution in [0.1, 0.15) is 15.9 Å². The van der Waals surface area contributed by atoms with E-state index in [0.717, 1.165) is 17.7 Å². The summed E-state index contributed by atoms with van der Waals surface area (Å²) in [5, 5.41) is 15.0. The van der Waals surface area contributed by atoms with E-state index in [1.165, 1.54) is 30.5 Å². The number of hydrogen-bond donors (Lipinski definition) is 0. The normalized spacial score (nSPS) is 10.2. The Kier molecular flexibility index (Phi) is 6.72. The second kappa shape index (κ2) is 8.99. The quantitative estimate of drug-likeness (QED) is 0.384. The van der Waals surface area contributed by atoms with Gasteiger partial charge >= 0.3 is 5.97 Å². The van der Waals surface area contributed by atoms with E-state index in [2.05, 4.69) is 0 Å². The molecule has 1 heterocycles. The maximum absolute atomic E-state index is 12.3. The van der Waals surface area contributed by atoms with Crippen LogP contribution in [0, 0.1) is 10.1 Å². The van der Waals surface area contributed by atoms with Crippen molar-refractivity contribution in [3.8, 4) is 11.5 Å². The fourth-order valence-corrected chi connectivity index (χ4v) is 2.90. The van der Waals surface area contributed by atoms with Crippen LogP contribution in [0.3, 0.4) is 0 Å². The van der Waals surface area contributed by atoms with E-state index in [-0.39, 0.29) is 17.1 Å². The Morgan fingerprint density at radius 1 is 1.22 bits per heavy atom. The lowest BCUT2D eigenvalue weighted by Gasteiger charge is -2.16. The Hall–Kier alpha value is -3.14. The zero-order valence-corrected chi connectivity index (χ0v) is 15.8. The Bertz CT molecular complexity index is 836. The number of carbonyl (C=O) groups is 2. The van der Waals surface area contributed by atoms with E-state index < -0.39 is 29.1 Å². The minimum absolute atomic E-state index is 0.104. The number of carbonyl (C=O) groups excluding carboxylic acids is 2. The van der Waals surface area contributed by atoms with Crippen LogP contribution in [0.15, 0.2) is 29.0 Å². The zero-order chi connectivity index (χ0) is 20.0. The predicted octanol–water partition coefficient (Wildman–Crippen LogP) is 2.49. The van der Waals surface area contributed by atoms with Crippen LogP contribution in [-0.2, 0) is 16.1 Å². The van der Waals surface area contributed by atoms with Crippen molar-refractivity contribution in [1.82, 2.24) is 4.90 Å². The summed E-state index contributed by atoms with van der Waals surface area (Å²) in [6.45, 7) is -0.165. The molecule has 0 unspecified atom stereocenters. The molecule has 1 aromatic carbocycles. The Balaban J connectivity index is 2.10. The number of benzene rings is 1. The molecule has 0 aliphatic rings. The van der Waals surface area contributed by atoms with Crippen LogP contribution in [0.4, 0.5) is 5.69 Å². The number of thiophene rings is 1. The van der Waals surface area contributed by atoms with Gasteiger partial charge in [-0.05, 0) is 22.4 Å². The smallest absolute Gasteiger partial charge is 0.345 e. The van der Waals surface area contributed by atoms with Gasteiger partial charge in [0.25, 0.3) is 11.6 Å². The van der Waals surface area contributed by atoms with Gasteiger partial charge in [-0.15, -0.1) is 0 Å². The SMILES string of the molecule is COc1cc(C(=O)OCC(=O)N(C)Cc2ccsc2)c([N+](=O)[O-])cc1OC. The lowest BCUT2D eigenvalue weighted by atomic mass is 10.1. The largest absolute Gasteiger partial charge is 0.493 e. The highest BCUT2D eigenvalue weighted by Crippen LogP contribution is 2.34. The number of nitro groups is 1. The van der Waals surface area contributed by atoms with Crippen molar-refractivity contribution >= 4 is 28.9 Å². The number of hydrogen-bond acceptors (Lipinski definition) is 8. The first-order chi connectivity index (χ1) is 12.9. The topological polar surface area (TPSA) is 108 Å². The average Bonchev–Trinajstić information content (AvgIpc) is 3.17. The third kappa shape index (κ3) is 4.94. The molecule has 0 saturated carbocycles. The van der Waals surface area contributed by atoms with E-state index in [0.29, 0.717) is 6.54 Å². The predicted molar refractivity (Wildman–Crippen MR) is 97.3 cm³/mol. The second-order valence-corrected chi connectivity index (χ2v) is 6.22. The molecule has 144 valence electrons. The van der Waals surface area contributed by atoms with Crippen molar-refractivity contribution in [1.29, 1.82) is 0 Å². The van der Waals surface area contributed by atoms with Crippen molar-refractivity contribution in [3.05, 3.63) is 50.2 Å². The first kappa shape index (κ1) is 20.2. The van der Waals surface area contributed by atoms with E-state index in [1.54, 1.807) is 7.05 Å². The van der Waals surface area contributed by atoms with E-state index >= 15 is 0 Å². The van der Waals surface area contributed by atoms with Crippen LogP contribution >= 0.6 is 11.3 Å². The van der Waals surface area contributed by atoms with Gasteiger partial charge in [-0.25, -0.2) is 4.79 Å². The van der Waals surface area contributed by atoms with Gasteiger partial charge in [-0.2, -0.15) is 11.3 Å². The van der Waals surface area contributed by atoms with Crippen molar-refractivity contribution in [2.24, 2.45) is 0 Å². The van der Waals surface area contributed by atoms with Gasteiger partial charge in [-0.3, -0.25) is 14.9 Å². The number of nitrogens with zero attached hydrogens (tertiary/aromatic N) is 2. The number of rotatable bonds is 8. The molecule has 10 heteroatoms. The molecule has 9 nitrogen and oxygen atoms in total. The fourth-order valence-electron chi connectivity index (χ4n) is 2.24. The van der Waals surface area contributed by atoms with Crippen molar-refractivity contribution < 1.29 is 28.7 Å². The summed E-state index contributed by atoms with van der Waals surface area (Å²) >= 11 is 1.51. The zero-order valence-electron chi connectivity index (χ0n) is 15.0. The van der Waals surface area contributed by atoms with Crippen LogP contribution in [-0.4, -0.2) is 49.6 Å². The van der Waals surface area contributed by atoms with Crippen LogP contribution in [0.2, 0.25) is 0 Å². The summed E-state index contributed by atoms with van der Waals surface area (Å²) in [4.78, 5) is 36.3. The van der Waals surface area contributed by atoms with Crippen molar-refractivity contribution in [3.63, 3.8) is 0 Å². The monoisotopic (exact) mass is 394 g/mol. The summed E-state index contributed by atoms with van der Waals surface area (Å²) in [6.07, 6.45) is 0. The molecule has 0 N–H and O–H groups in total. The molecule has 0 spiro atoms. The number of amides is 1. The molecule has 0 saturated heterocycles. The lowest BCUT2D eigenvalue weighted by molar-refractivity contribution is -0.385. The van der Waals surface area contributed by atoms with Gasteiger partial charge in [0.2, 0.25) is 0 Å². The number of ether oxygens (including phenoxy) is 3. The minimum Gasteiger partial charge on any atom is -0.493 e. The molecular weight excluding hydrogens is 376 g/mol. The standard InChI is InChI=1S/C17H18N2O7S/c1-18(8-11-4-5-27-10-11)16(20)9-26-17(21)12-6-14(24-2)15(25-3)7-13(12)19(22)23/h4-7,10H,8-9H2,1-3H3. The Labute approximate surface area is 159 Å². The minimum atomic E-state index is -1.00. The maximum Gasteiger partial charge on any atom is 0.345 e. The van der Waals surface area contributed by atoms with Gasteiger partial charge in [0.05, 0.1) is 25.2 Å². The maximum atomic E-state index is 12.3. The number of esters is 1. The second-order valence-electron chi connectivity index (χ2n) is 5.44. The molecule has 1 aromatic heterocycles. The molecule has 1 amide bonds. The summed E-state index contributed by atoms with van der Waals surface area (Å²) in [5.74, 6) is -1.19. The molecule has 2 rings (SSSR count). The molecule has 0 radical (unpaired) electrons. The highest BCUT2D eigenvalue weighted by atomic mass is 32.1. The van der Waals surface area contributed by atoms with E-state index in [4.69, 9.17) is 14.2 Å². The van der Waals surface area contributed by atoms with Crippen LogP contribution in [0.5, 0.6) is 11.5 Å². The molecule has 0 aliphatic carbocycles. The van der Waals surface area contributed by atoms with E-state index in [1.807, 2.05) is 16.8 Å². The Morgan fingerprint density at radius 3 is 2.44 bits per heavy atom. The molecule has 27 heavy (non-hydrogen) atoms. The Morgan fingerprint density at radius 2 is 1.89 bits per heavy atom. The van der Waals surface area contributed by atoms with Gasteiger partial charge < -0.3 is 19.1 Å². The van der Waals surface area contributed by atoms with Gasteiger partial charge in [0, 0.05) is 19.7 Å². The fraction of sp³-hybridized carbons (Fsp3) is 0.294. The van der Waals surface area contributed by atoms with Crippen LogP contribution < -0.4 is 9.47 Å². The van der Waals surface area contributed by atoms with Gasteiger partial charge in [0.15, 0.2) is 18.1 Å². The van der Waals surface area contributed by atoms with Gasteiger partial charge in [-0.1, -0.05) is 0 Å². The summed E-state index contributed by atoms with van der Waals surface area (Å²) in [5.41, 5.74) is 0.125. The van der Waals surface area contributed by atoms with E-state index in [9.17, 15) is 19.7 Å². The summed E-state index contributed by atoms with van der Waals surface area (Å²) in [7, 11) is 4.23. The van der Waals surface area contributed by atoms with Gasteiger partial charge in [0.1, 0.15) is 5.56 Å². The molecule has 0 aliphatic heterocycles. The number of likely N-dealkylation sites (N-methyl/N-ethyl adjacent to an activating group) is 1. The molecule has 2 aromatic rings. The molecular formula is C17H18N2O7S. The lowest BCUT2D eigenvalue weighted by Crippen LogP contribution is -2.30. The van der Waals surface area contributed by atoms with Crippen LogP contribution in [0.25, 0.3) is 0 Å².